The topological polar surface area (TPSA) is 3.24 Å². The van der Waals surface area contributed by atoms with Crippen LogP contribution in [0.4, 0.5) is 17.1 Å². The Morgan fingerprint density at radius 2 is 0.957 bits per heavy atom. The van der Waals surface area contributed by atoms with Crippen molar-refractivity contribution >= 4 is 70.1 Å². The van der Waals surface area contributed by atoms with Crippen molar-refractivity contribution in [1.29, 1.82) is 0 Å². The number of thiophene rings is 1. The molecule has 0 radical (unpaired) electrons. The predicted octanol–water partition coefficient (Wildman–Crippen LogP) is 13.2. The summed E-state index contributed by atoms with van der Waals surface area (Å²) in [6.07, 6.45) is 0. The molecule has 0 amide bonds. The maximum atomic E-state index is 2.40. The number of rotatable bonds is 5. The zero-order valence-electron chi connectivity index (χ0n) is 25.1. The van der Waals surface area contributed by atoms with Crippen LogP contribution in [0.2, 0.25) is 0 Å². The molecule has 0 aliphatic carbocycles. The monoisotopic (exact) mass is 603 g/mol. The van der Waals surface area contributed by atoms with Gasteiger partial charge in [-0.2, -0.15) is 0 Å². The first-order chi connectivity index (χ1) is 22.8. The third kappa shape index (κ3) is 4.63. The van der Waals surface area contributed by atoms with Crippen molar-refractivity contribution in [3.63, 3.8) is 0 Å². The number of nitrogens with zero attached hydrogens (tertiary/aromatic N) is 1. The van der Waals surface area contributed by atoms with E-state index in [1.165, 1.54) is 64.0 Å². The molecule has 8 aromatic carbocycles. The van der Waals surface area contributed by atoms with Crippen molar-refractivity contribution < 1.29 is 0 Å². The average Bonchev–Trinajstić information content (AvgIpc) is 3.50. The molecule has 1 aromatic heterocycles. The number of anilines is 3. The van der Waals surface area contributed by atoms with Gasteiger partial charge in [-0.15, -0.1) is 11.3 Å². The van der Waals surface area contributed by atoms with Crippen LogP contribution in [0, 0.1) is 0 Å². The third-order valence-corrected chi connectivity index (χ3v) is 10.2. The zero-order chi connectivity index (χ0) is 30.5. The number of hydrogen-bond acceptors (Lipinski definition) is 2. The Morgan fingerprint density at radius 1 is 0.326 bits per heavy atom. The molecule has 9 aromatic rings. The van der Waals surface area contributed by atoms with E-state index in [9.17, 15) is 0 Å². The zero-order valence-corrected chi connectivity index (χ0v) is 25.9. The molecule has 0 aliphatic rings. The maximum Gasteiger partial charge on any atom is 0.0540 e. The Balaban J connectivity index is 1.17. The van der Waals surface area contributed by atoms with E-state index in [2.05, 4.69) is 181 Å². The van der Waals surface area contributed by atoms with Gasteiger partial charge in [-0.3, -0.25) is 0 Å². The van der Waals surface area contributed by atoms with E-state index in [0.29, 0.717) is 0 Å². The van der Waals surface area contributed by atoms with Crippen LogP contribution >= 0.6 is 11.3 Å². The SMILES string of the molecule is c1cc(-c2ccc3ccccc3c2)cc(N(c2ccc(-c3ccc4sc5ccccc5c4c3)cc2)c2cccc3ccccc23)c1. The highest BCUT2D eigenvalue weighted by Crippen LogP contribution is 2.42. The van der Waals surface area contributed by atoms with Gasteiger partial charge in [0.2, 0.25) is 0 Å². The Hall–Kier alpha value is -5.70. The van der Waals surface area contributed by atoms with Crippen LogP contribution in [-0.2, 0) is 0 Å². The summed E-state index contributed by atoms with van der Waals surface area (Å²) in [5, 5.41) is 7.61. The summed E-state index contributed by atoms with van der Waals surface area (Å²) in [7, 11) is 0. The number of hydrogen-bond donors (Lipinski definition) is 0. The second-order valence-electron chi connectivity index (χ2n) is 11.8. The molecule has 1 heterocycles. The molecular weight excluding hydrogens is 575 g/mol. The smallest absolute Gasteiger partial charge is 0.0540 e. The minimum atomic E-state index is 1.12. The molecule has 0 atom stereocenters. The molecule has 1 nitrogen and oxygen atoms in total. The lowest BCUT2D eigenvalue weighted by atomic mass is 9.99. The molecule has 0 bridgehead atoms. The van der Waals surface area contributed by atoms with Crippen molar-refractivity contribution in [3.05, 3.63) is 176 Å². The van der Waals surface area contributed by atoms with Gasteiger partial charge < -0.3 is 4.90 Å². The molecule has 0 saturated carbocycles. The van der Waals surface area contributed by atoms with Crippen LogP contribution in [0.1, 0.15) is 0 Å². The minimum Gasteiger partial charge on any atom is -0.310 e. The van der Waals surface area contributed by atoms with Crippen molar-refractivity contribution in [2.45, 2.75) is 0 Å². The van der Waals surface area contributed by atoms with E-state index in [-0.39, 0.29) is 0 Å². The molecular formula is C44H29NS. The Kier molecular flexibility index (Phi) is 6.40. The molecule has 2 heteroatoms. The lowest BCUT2D eigenvalue weighted by molar-refractivity contribution is 1.30. The van der Waals surface area contributed by atoms with Gasteiger partial charge in [0, 0.05) is 36.9 Å². The van der Waals surface area contributed by atoms with E-state index >= 15 is 0 Å². The van der Waals surface area contributed by atoms with Crippen molar-refractivity contribution in [2.24, 2.45) is 0 Å². The first-order valence-electron chi connectivity index (χ1n) is 15.7. The summed E-state index contributed by atoms with van der Waals surface area (Å²) >= 11 is 1.86. The van der Waals surface area contributed by atoms with Crippen LogP contribution in [-0.4, -0.2) is 0 Å². The van der Waals surface area contributed by atoms with Crippen LogP contribution < -0.4 is 4.90 Å². The highest BCUT2D eigenvalue weighted by molar-refractivity contribution is 7.25. The van der Waals surface area contributed by atoms with Crippen LogP contribution in [0.25, 0.3) is 64.0 Å². The highest BCUT2D eigenvalue weighted by atomic mass is 32.1. The fourth-order valence-corrected chi connectivity index (χ4v) is 7.82. The summed E-state index contributed by atoms with van der Waals surface area (Å²) in [4.78, 5) is 2.40. The van der Waals surface area contributed by atoms with Gasteiger partial charge in [-0.25, -0.2) is 0 Å². The lowest BCUT2D eigenvalue weighted by Crippen LogP contribution is -2.10. The second kappa shape index (κ2) is 11.0. The van der Waals surface area contributed by atoms with Gasteiger partial charge in [0.05, 0.1) is 5.69 Å². The number of benzene rings is 8. The van der Waals surface area contributed by atoms with Crippen molar-refractivity contribution in [1.82, 2.24) is 0 Å². The predicted molar refractivity (Wildman–Crippen MR) is 200 cm³/mol. The lowest BCUT2D eigenvalue weighted by Gasteiger charge is -2.27. The first-order valence-corrected chi connectivity index (χ1v) is 16.5. The van der Waals surface area contributed by atoms with Crippen LogP contribution in [0.3, 0.4) is 0 Å². The largest absolute Gasteiger partial charge is 0.310 e. The van der Waals surface area contributed by atoms with E-state index in [1.54, 1.807) is 0 Å². The summed E-state index contributed by atoms with van der Waals surface area (Å²) in [5.74, 6) is 0. The second-order valence-corrected chi connectivity index (χ2v) is 12.9. The molecule has 0 fully saturated rings. The molecule has 216 valence electrons. The van der Waals surface area contributed by atoms with Gasteiger partial charge in [0.15, 0.2) is 0 Å². The molecule has 9 rings (SSSR count). The molecule has 0 saturated heterocycles. The Labute approximate surface area is 272 Å². The quantitative estimate of drug-likeness (QED) is 0.189. The third-order valence-electron chi connectivity index (χ3n) is 9.03. The van der Waals surface area contributed by atoms with Crippen molar-refractivity contribution in [3.8, 4) is 22.3 Å². The first kappa shape index (κ1) is 26.7. The summed E-state index contributed by atoms with van der Waals surface area (Å²) in [5.41, 5.74) is 8.26. The Bertz CT molecular complexity index is 2530. The van der Waals surface area contributed by atoms with Gasteiger partial charge in [0.25, 0.3) is 0 Å². The van der Waals surface area contributed by atoms with Crippen LogP contribution in [0.15, 0.2) is 176 Å². The summed E-state index contributed by atoms with van der Waals surface area (Å²) in [6, 6.07) is 64.0. The summed E-state index contributed by atoms with van der Waals surface area (Å²) in [6.45, 7) is 0. The average molecular weight is 604 g/mol. The fourth-order valence-electron chi connectivity index (χ4n) is 6.73. The van der Waals surface area contributed by atoms with E-state index in [1.807, 2.05) is 11.3 Å². The van der Waals surface area contributed by atoms with Gasteiger partial charge in [-0.05, 0) is 93.0 Å². The van der Waals surface area contributed by atoms with Gasteiger partial charge >= 0.3 is 0 Å². The summed E-state index contributed by atoms with van der Waals surface area (Å²) < 4.78 is 2.66. The van der Waals surface area contributed by atoms with Gasteiger partial charge in [-0.1, -0.05) is 121 Å². The van der Waals surface area contributed by atoms with Gasteiger partial charge in [0.1, 0.15) is 0 Å². The molecule has 0 unspecified atom stereocenters. The fraction of sp³-hybridized carbons (Fsp3) is 0. The van der Waals surface area contributed by atoms with Crippen LogP contribution in [0.5, 0.6) is 0 Å². The highest BCUT2D eigenvalue weighted by Gasteiger charge is 2.17. The molecule has 46 heavy (non-hydrogen) atoms. The number of fused-ring (bicyclic) bond motifs is 5. The normalized spacial score (nSPS) is 11.5. The standard InChI is InChI=1S/C44H29NS/c1-2-11-33-27-35(20-19-30(33)9-1)34-13-7-14-38(28-34)45(42-17-8-12-32-10-3-4-15-39(32)42)37-24-21-31(22-25-37)36-23-26-44-41(29-36)40-16-5-6-18-43(40)46-44/h1-29H. The van der Waals surface area contributed by atoms with E-state index < -0.39 is 0 Å². The minimum absolute atomic E-state index is 1.12. The molecule has 0 aliphatic heterocycles. The maximum absolute atomic E-state index is 2.40. The molecule has 0 N–H and O–H groups in total. The Morgan fingerprint density at radius 3 is 1.85 bits per heavy atom. The van der Waals surface area contributed by atoms with E-state index in [4.69, 9.17) is 0 Å². The molecule has 0 spiro atoms. The van der Waals surface area contributed by atoms with E-state index in [0.717, 1.165) is 17.1 Å². The van der Waals surface area contributed by atoms with Crippen molar-refractivity contribution in [2.75, 3.05) is 4.90 Å².